The van der Waals surface area contributed by atoms with Gasteiger partial charge >= 0.3 is 0 Å². The summed E-state index contributed by atoms with van der Waals surface area (Å²) in [5.74, 6) is 0.160. The first kappa shape index (κ1) is 7.54. The smallest absolute Gasteiger partial charge is 0.220 e. The molecule has 0 saturated carbocycles. The number of carbonyl (C=O) groups excluding carboxylic acids is 1. The van der Waals surface area contributed by atoms with Gasteiger partial charge in [-0.15, -0.1) is 0 Å². The average molecular weight is 142 g/mol. The lowest BCUT2D eigenvalue weighted by molar-refractivity contribution is -0.121. The van der Waals surface area contributed by atoms with Crippen LogP contribution in [0.1, 0.15) is 25.7 Å². The number of hydrogen-bond donors (Lipinski definition) is 2. The number of nitrogens with one attached hydrogen (secondary N) is 1. The van der Waals surface area contributed by atoms with Crippen molar-refractivity contribution in [1.29, 1.82) is 0 Å². The fraction of sp³-hybridized carbons (Fsp3) is 0.857. The van der Waals surface area contributed by atoms with Crippen LogP contribution in [0.4, 0.5) is 0 Å². The van der Waals surface area contributed by atoms with Crippen LogP contribution in [0.15, 0.2) is 0 Å². The summed E-state index contributed by atoms with van der Waals surface area (Å²) >= 11 is 0. The van der Waals surface area contributed by atoms with Gasteiger partial charge in [0.05, 0.1) is 0 Å². The van der Waals surface area contributed by atoms with E-state index in [9.17, 15) is 4.79 Å². The van der Waals surface area contributed by atoms with Crippen molar-refractivity contribution in [3.8, 4) is 0 Å². The molecule has 3 N–H and O–H groups in total. The van der Waals surface area contributed by atoms with E-state index >= 15 is 0 Å². The van der Waals surface area contributed by atoms with Gasteiger partial charge in [-0.3, -0.25) is 4.79 Å². The molecular formula is C7H14N2O. The van der Waals surface area contributed by atoms with Crippen molar-refractivity contribution < 1.29 is 4.79 Å². The van der Waals surface area contributed by atoms with E-state index in [0.717, 1.165) is 19.3 Å². The fourth-order valence-corrected chi connectivity index (χ4v) is 1.23. The van der Waals surface area contributed by atoms with Crippen molar-refractivity contribution in [2.24, 2.45) is 5.73 Å². The molecule has 1 atom stereocenters. The Bertz CT molecular complexity index is 125. The summed E-state index contributed by atoms with van der Waals surface area (Å²) in [7, 11) is 0. The van der Waals surface area contributed by atoms with Gasteiger partial charge in [-0.05, 0) is 12.8 Å². The molecular weight excluding hydrogens is 128 g/mol. The quantitative estimate of drug-likeness (QED) is 0.541. The zero-order valence-electron chi connectivity index (χ0n) is 6.10. The largest absolute Gasteiger partial charge is 0.352 e. The molecule has 1 aliphatic rings. The Labute approximate surface area is 61.0 Å². The Morgan fingerprint density at radius 1 is 1.60 bits per heavy atom. The highest BCUT2D eigenvalue weighted by atomic mass is 16.1. The van der Waals surface area contributed by atoms with Crippen LogP contribution in [0.5, 0.6) is 0 Å². The number of amides is 1. The van der Waals surface area contributed by atoms with Crippen LogP contribution in [0.25, 0.3) is 0 Å². The molecule has 1 aliphatic heterocycles. The molecule has 1 saturated heterocycles. The second-order valence-corrected chi connectivity index (χ2v) is 2.75. The molecule has 0 radical (unpaired) electrons. The van der Waals surface area contributed by atoms with Crippen LogP contribution < -0.4 is 11.1 Å². The second-order valence-electron chi connectivity index (χ2n) is 2.75. The Kier molecular flexibility index (Phi) is 2.68. The Morgan fingerprint density at radius 3 is 3.10 bits per heavy atom. The van der Waals surface area contributed by atoms with Gasteiger partial charge in [-0.1, -0.05) is 6.42 Å². The monoisotopic (exact) mass is 142 g/mol. The third-order valence-electron chi connectivity index (χ3n) is 1.86. The van der Waals surface area contributed by atoms with Crippen molar-refractivity contribution in [2.45, 2.75) is 31.7 Å². The van der Waals surface area contributed by atoms with Gasteiger partial charge in [0.1, 0.15) is 0 Å². The lowest BCUT2D eigenvalue weighted by Crippen LogP contribution is -2.38. The molecule has 1 rings (SSSR count). The van der Waals surface area contributed by atoms with Crippen molar-refractivity contribution in [3.05, 3.63) is 0 Å². The van der Waals surface area contributed by atoms with Gasteiger partial charge in [0.25, 0.3) is 0 Å². The molecule has 1 amide bonds. The van der Waals surface area contributed by atoms with E-state index < -0.39 is 0 Å². The molecule has 3 heteroatoms. The summed E-state index contributed by atoms with van der Waals surface area (Å²) in [5, 5.41) is 2.86. The van der Waals surface area contributed by atoms with E-state index in [4.69, 9.17) is 5.73 Å². The van der Waals surface area contributed by atoms with Gasteiger partial charge in [0, 0.05) is 19.0 Å². The standard InChI is InChI=1S/C7H14N2O/c8-5-6-3-1-2-4-7(10)9-6/h6H,1-5,8H2,(H,9,10)/t6-/m1/s1. The summed E-state index contributed by atoms with van der Waals surface area (Å²) in [6.07, 6.45) is 3.86. The lowest BCUT2D eigenvalue weighted by Gasteiger charge is -2.11. The van der Waals surface area contributed by atoms with Crippen LogP contribution in [0, 0.1) is 0 Å². The third-order valence-corrected chi connectivity index (χ3v) is 1.86. The molecule has 1 heterocycles. The number of hydrogen-bond acceptors (Lipinski definition) is 2. The maximum absolute atomic E-state index is 10.9. The molecule has 0 aromatic carbocycles. The number of rotatable bonds is 1. The van der Waals surface area contributed by atoms with E-state index in [1.807, 2.05) is 0 Å². The fourth-order valence-electron chi connectivity index (χ4n) is 1.23. The Balaban J connectivity index is 2.38. The Hall–Kier alpha value is -0.570. The highest BCUT2D eigenvalue weighted by Gasteiger charge is 2.13. The van der Waals surface area contributed by atoms with Crippen molar-refractivity contribution in [2.75, 3.05) is 6.54 Å². The SMILES string of the molecule is NC[C@H]1CCCCC(=O)N1. The molecule has 58 valence electrons. The van der Waals surface area contributed by atoms with Crippen molar-refractivity contribution in [3.63, 3.8) is 0 Å². The average Bonchev–Trinajstić information content (AvgIpc) is 2.13. The molecule has 3 nitrogen and oxygen atoms in total. The summed E-state index contributed by atoms with van der Waals surface area (Å²) in [4.78, 5) is 10.9. The maximum Gasteiger partial charge on any atom is 0.220 e. The van der Waals surface area contributed by atoms with Crippen molar-refractivity contribution >= 4 is 5.91 Å². The molecule has 0 spiro atoms. The van der Waals surface area contributed by atoms with Gasteiger partial charge in [-0.2, -0.15) is 0 Å². The van der Waals surface area contributed by atoms with E-state index in [0.29, 0.717) is 13.0 Å². The number of carbonyl (C=O) groups is 1. The van der Waals surface area contributed by atoms with Gasteiger partial charge < -0.3 is 11.1 Å². The highest BCUT2D eigenvalue weighted by molar-refractivity contribution is 5.76. The second kappa shape index (κ2) is 3.56. The molecule has 0 aromatic heterocycles. The first-order chi connectivity index (χ1) is 4.83. The maximum atomic E-state index is 10.9. The normalized spacial score (nSPS) is 27.3. The predicted molar refractivity (Wildman–Crippen MR) is 39.5 cm³/mol. The minimum atomic E-state index is 0.160. The van der Waals surface area contributed by atoms with Gasteiger partial charge in [0.2, 0.25) is 5.91 Å². The van der Waals surface area contributed by atoms with Crippen molar-refractivity contribution in [1.82, 2.24) is 5.32 Å². The molecule has 0 aliphatic carbocycles. The van der Waals surface area contributed by atoms with E-state index in [2.05, 4.69) is 5.32 Å². The van der Waals surface area contributed by atoms with Crippen LogP contribution >= 0.6 is 0 Å². The zero-order chi connectivity index (χ0) is 7.40. The molecule has 0 unspecified atom stereocenters. The highest BCUT2D eigenvalue weighted by Crippen LogP contribution is 2.07. The molecule has 0 aromatic rings. The van der Waals surface area contributed by atoms with Crippen LogP contribution in [-0.2, 0) is 4.79 Å². The summed E-state index contributed by atoms with van der Waals surface area (Å²) < 4.78 is 0. The topological polar surface area (TPSA) is 55.1 Å². The first-order valence-corrected chi connectivity index (χ1v) is 3.82. The molecule has 10 heavy (non-hydrogen) atoms. The predicted octanol–water partition coefficient (Wildman–Crippen LogP) is 0.00390. The zero-order valence-corrected chi connectivity index (χ0v) is 6.10. The Morgan fingerprint density at radius 2 is 2.40 bits per heavy atom. The lowest BCUT2D eigenvalue weighted by atomic mass is 10.1. The van der Waals surface area contributed by atoms with Gasteiger partial charge in [0.15, 0.2) is 0 Å². The van der Waals surface area contributed by atoms with Crippen LogP contribution in [-0.4, -0.2) is 18.5 Å². The summed E-state index contributed by atoms with van der Waals surface area (Å²) in [5.41, 5.74) is 5.42. The molecule has 1 fully saturated rings. The summed E-state index contributed by atoms with van der Waals surface area (Å²) in [6.45, 7) is 0.575. The van der Waals surface area contributed by atoms with Crippen LogP contribution in [0.3, 0.4) is 0 Å². The van der Waals surface area contributed by atoms with Gasteiger partial charge in [-0.25, -0.2) is 0 Å². The van der Waals surface area contributed by atoms with Crippen LogP contribution in [0.2, 0.25) is 0 Å². The first-order valence-electron chi connectivity index (χ1n) is 3.82. The minimum Gasteiger partial charge on any atom is -0.352 e. The summed E-state index contributed by atoms with van der Waals surface area (Å²) in [6, 6.07) is 0.231. The third kappa shape index (κ3) is 1.99. The van der Waals surface area contributed by atoms with E-state index in [-0.39, 0.29) is 11.9 Å². The van der Waals surface area contributed by atoms with E-state index in [1.54, 1.807) is 0 Å². The molecule has 0 bridgehead atoms. The minimum absolute atomic E-state index is 0.160. The van der Waals surface area contributed by atoms with E-state index in [1.165, 1.54) is 0 Å². The number of nitrogens with two attached hydrogens (primary N) is 1.